The highest BCUT2D eigenvalue weighted by molar-refractivity contribution is 8.00. The van der Waals surface area contributed by atoms with Crippen molar-refractivity contribution in [3.8, 4) is 28.0 Å². The Morgan fingerprint density at radius 2 is 2.22 bits per heavy atom. The zero-order valence-electron chi connectivity index (χ0n) is 15.0. The number of hydrogen-bond acceptors (Lipinski definition) is 8. The Bertz CT molecular complexity index is 914. The molecule has 3 aromatic heterocycles. The van der Waals surface area contributed by atoms with Crippen LogP contribution in [0, 0.1) is 11.3 Å². The number of hydrazine groups is 1. The fourth-order valence-corrected chi connectivity index (χ4v) is 3.67. The van der Waals surface area contributed by atoms with Gasteiger partial charge in [0.2, 0.25) is 0 Å². The van der Waals surface area contributed by atoms with Gasteiger partial charge in [0, 0.05) is 5.56 Å². The van der Waals surface area contributed by atoms with Crippen LogP contribution in [0.4, 0.5) is 0 Å². The summed E-state index contributed by atoms with van der Waals surface area (Å²) in [6.45, 7) is 4.00. The first-order valence-corrected chi connectivity index (χ1v) is 10.0. The van der Waals surface area contributed by atoms with Crippen LogP contribution in [0.1, 0.15) is 19.4 Å². The number of thioether (sulfide) groups is 1. The summed E-state index contributed by atoms with van der Waals surface area (Å²) >= 11 is 2.90. The molecule has 0 radical (unpaired) electrons. The lowest BCUT2D eigenvalue weighted by molar-refractivity contribution is 0.582. The number of nitrogens with zero attached hydrogens (tertiary/aromatic N) is 3. The standard InChI is InChI=1S/C16H14N6OS2.C2H6/c17-8-11-10(13-3-1-5-23-13)7-12(14-4-2-6-24-14)20-16(11)25-9-15(18)21-22-19;1-2/h1-7,22H,9,19H2,(H2,18,21);1-2H3. The number of nitriles is 1. The number of amidine groups is 1. The summed E-state index contributed by atoms with van der Waals surface area (Å²) in [5.74, 6) is 6.39. The van der Waals surface area contributed by atoms with Crippen LogP contribution in [0.2, 0.25) is 0 Å². The minimum absolute atomic E-state index is 0.305. The molecule has 7 nitrogen and oxygen atoms in total. The van der Waals surface area contributed by atoms with Crippen molar-refractivity contribution in [1.82, 2.24) is 10.5 Å². The van der Waals surface area contributed by atoms with E-state index in [0.717, 1.165) is 10.6 Å². The molecule has 3 heterocycles. The summed E-state index contributed by atoms with van der Waals surface area (Å²) in [5, 5.41) is 15.9. The number of hydrazone groups is 1. The second-order valence-electron chi connectivity index (χ2n) is 4.82. The summed E-state index contributed by atoms with van der Waals surface area (Å²) in [6.07, 6.45) is 1.58. The SMILES string of the molecule is CC.N#Cc1c(-c2ccco2)cc(-c2cccs2)nc1SC/C(N)=N/NN. The molecule has 5 N–H and O–H groups in total. The molecule has 0 unspecified atom stereocenters. The van der Waals surface area contributed by atoms with Gasteiger partial charge in [0.15, 0.2) is 0 Å². The van der Waals surface area contributed by atoms with E-state index in [1.54, 1.807) is 23.7 Å². The average Bonchev–Trinajstić information content (AvgIpc) is 3.41. The van der Waals surface area contributed by atoms with Gasteiger partial charge in [0.05, 0.1) is 28.2 Å². The van der Waals surface area contributed by atoms with Crippen LogP contribution in [0.15, 0.2) is 56.5 Å². The van der Waals surface area contributed by atoms with Crippen LogP contribution in [0.5, 0.6) is 0 Å². The first kappa shape index (κ1) is 20.5. The van der Waals surface area contributed by atoms with Crippen molar-refractivity contribution in [3.63, 3.8) is 0 Å². The predicted octanol–water partition coefficient (Wildman–Crippen LogP) is 3.80. The molecule has 3 rings (SSSR count). The van der Waals surface area contributed by atoms with Crippen LogP contribution < -0.4 is 17.1 Å². The Hall–Kier alpha value is -2.80. The second-order valence-corrected chi connectivity index (χ2v) is 6.73. The zero-order valence-corrected chi connectivity index (χ0v) is 16.6. The number of rotatable bonds is 6. The Labute approximate surface area is 166 Å². The fourth-order valence-electron chi connectivity index (χ4n) is 2.17. The van der Waals surface area contributed by atoms with Crippen molar-refractivity contribution in [1.29, 1.82) is 5.26 Å². The lowest BCUT2D eigenvalue weighted by atomic mass is 10.1. The van der Waals surface area contributed by atoms with Gasteiger partial charge >= 0.3 is 0 Å². The highest BCUT2D eigenvalue weighted by Crippen LogP contribution is 2.35. The largest absolute Gasteiger partial charge is 0.464 e. The number of nitrogens with one attached hydrogen (secondary N) is 1. The molecule has 0 aliphatic carbocycles. The third kappa shape index (κ3) is 5.10. The number of thiophene rings is 1. The van der Waals surface area contributed by atoms with E-state index in [4.69, 9.17) is 16.0 Å². The third-order valence-corrected chi connectivity index (χ3v) is 5.12. The van der Waals surface area contributed by atoms with Gasteiger partial charge in [0.25, 0.3) is 0 Å². The molecule has 9 heteroatoms. The van der Waals surface area contributed by atoms with Crippen molar-refractivity contribution in [2.24, 2.45) is 16.7 Å². The van der Waals surface area contributed by atoms with Gasteiger partial charge in [-0.25, -0.2) is 16.4 Å². The molecule has 0 aliphatic heterocycles. The van der Waals surface area contributed by atoms with Crippen molar-refractivity contribution in [2.75, 3.05) is 5.75 Å². The molecular formula is C18H20N6OS2. The maximum absolute atomic E-state index is 9.65. The molecule has 0 fully saturated rings. The Kier molecular flexibility index (Phi) is 7.88. The monoisotopic (exact) mass is 400 g/mol. The van der Waals surface area contributed by atoms with Gasteiger partial charge in [0.1, 0.15) is 22.7 Å². The van der Waals surface area contributed by atoms with Crippen LogP contribution in [-0.4, -0.2) is 16.6 Å². The summed E-state index contributed by atoms with van der Waals surface area (Å²) in [7, 11) is 0. The van der Waals surface area contributed by atoms with Crippen LogP contribution >= 0.6 is 23.1 Å². The van der Waals surface area contributed by atoms with E-state index in [1.807, 2.05) is 43.5 Å². The second kappa shape index (κ2) is 10.4. The fraction of sp³-hybridized carbons (Fsp3) is 0.167. The molecule has 0 atom stereocenters. The molecule has 27 heavy (non-hydrogen) atoms. The number of furan rings is 1. The third-order valence-electron chi connectivity index (χ3n) is 3.22. The highest BCUT2D eigenvalue weighted by atomic mass is 32.2. The van der Waals surface area contributed by atoms with E-state index < -0.39 is 0 Å². The van der Waals surface area contributed by atoms with Crippen LogP contribution in [-0.2, 0) is 0 Å². The summed E-state index contributed by atoms with van der Waals surface area (Å²) in [4.78, 5) is 5.64. The maximum atomic E-state index is 9.65. The molecule has 0 saturated heterocycles. The Morgan fingerprint density at radius 3 is 2.81 bits per heavy atom. The number of aromatic nitrogens is 1. The summed E-state index contributed by atoms with van der Waals surface area (Å²) in [5.41, 5.74) is 9.81. The predicted molar refractivity (Wildman–Crippen MR) is 111 cm³/mol. The lowest BCUT2D eigenvalue weighted by Crippen LogP contribution is -2.23. The van der Waals surface area contributed by atoms with E-state index in [0.29, 0.717) is 33.5 Å². The Morgan fingerprint density at radius 1 is 1.41 bits per heavy atom. The lowest BCUT2D eigenvalue weighted by Gasteiger charge is -2.10. The minimum Gasteiger partial charge on any atom is -0.464 e. The molecule has 0 saturated carbocycles. The van der Waals surface area contributed by atoms with Crippen LogP contribution in [0.25, 0.3) is 21.9 Å². The molecule has 0 aliphatic rings. The van der Waals surface area contributed by atoms with E-state index in [-0.39, 0.29) is 0 Å². The number of nitrogens with two attached hydrogens (primary N) is 2. The smallest absolute Gasteiger partial charge is 0.135 e. The molecule has 0 amide bonds. The molecule has 3 aromatic rings. The highest BCUT2D eigenvalue weighted by Gasteiger charge is 2.18. The summed E-state index contributed by atoms with van der Waals surface area (Å²) in [6, 6.07) is 11.6. The summed E-state index contributed by atoms with van der Waals surface area (Å²) < 4.78 is 5.49. The van der Waals surface area contributed by atoms with Gasteiger partial charge < -0.3 is 10.2 Å². The quantitative estimate of drug-likeness (QED) is 0.189. The first-order chi connectivity index (χ1) is 13.2. The van der Waals surface area contributed by atoms with Gasteiger partial charge in [-0.1, -0.05) is 31.7 Å². The van der Waals surface area contributed by atoms with Crippen molar-refractivity contribution < 1.29 is 4.42 Å². The van der Waals surface area contributed by atoms with Crippen LogP contribution in [0.3, 0.4) is 0 Å². The molecular weight excluding hydrogens is 380 g/mol. The number of pyridine rings is 1. The van der Waals surface area contributed by atoms with E-state index in [1.165, 1.54) is 11.8 Å². The first-order valence-electron chi connectivity index (χ1n) is 8.16. The average molecular weight is 401 g/mol. The van der Waals surface area contributed by atoms with Gasteiger partial charge in [-0.05, 0) is 29.6 Å². The topological polar surface area (TPSA) is 126 Å². The van der Waals surface area contributed by atoms with Gasteiger partial charge in [-0.15, -0.1) is 11.3 Å². The van der Waals surface area contributed by atoms with E-state index >= 15 is 0 Å². The zero-order chi connectivity index (χ0) is 19.6. The van der Waals surface area contributed by atoms with Crippen molar-refractivity contribution in [2.45, 2.75) is 18.9 Å². The van der Waals surface area contributed by atoms with Gasteiger partial charge in [-0.2, -0.15) is 10.4 Å². The minimum atomic E-state index is 0.305. The normalized spacial score (nSPS) is 10.7. The van der Waals surface area contributed by atoms with Crippen molar-refractivity contribution in [3.05, 3.63) is 47.5 Å². The molecule has 0 spiro atoms. The van der Waals surface area contributed by atoms with E-state index in [2.05, 4.69) is 21.7 Å². The molecule has 140 valence electrons. The molecule has 0 bridgehead atoms. The van der Waals surface area contributed by atoms with Crippen molar-refractivity contribution >= 4 is 28.9 Å². The van der Waals surface area contributed by atoms with E-state index in [9.17, 15) is 5.26 Å². The maximum Gasteiger partial charge on any atom is 0.135 e. The number of hydrogen-bond donors (Lipinski definition) is 3. The Balaban J connectivity index is 0.00000126. The molecule has 0 aromatic carbocycles. The van der Waals surface area contributed by atoms with Gasteiger partial charge in [-0.3, -0.25) is 0 Å².